The Morgan fingerprint density at radius 3 is 2.19 bits per heavy atom. The molecule has 0 aliphatic carbocycles. The number of sulfonamides is 1. The number of rotatable bonds is 7. The highest BCUT2D eigenvalue weighted by Gasteiger charge is 2.24. The van der Waals surface area contributed by atoms with Crippen LogP contribution in [0.3, 0.4) is 0 Å². The smallest absolute Gasteiger partial charge is 0.238 e. The van der Waals surface area contributed by atoms with Crippen molar-refractivity contribution in [2.45, 2.75) is 26.8 Å². The quantitative estimate of drug-likeness (QED) is 0.772. The van der Waals surface area contributed by atoms with E-state index in [4.69, 9.17) is 0 Å². The molecule has 7 nitrogen and oxygen atoms in total. The van der Waals surface area contributed by atoms with E-state index in [0.29, 0.717) is 32.2 Å². The monoisotopic (exact) mass is 382 g/mol. The summed E-state index contributed by atoms with van der Waals surface area (Å²) < 4.78 is 24.5. The van der Waals surface area contributed by atoms with Gasteiger partial charge in [-0.05, 0) is 45.0 Å². The first-order valence-electron chi connectivity index (χ1n) is 9.04. The van der Waals surface area contributed by atoms with Crippen LogP contribution in [-0.2, 0) is 14.8 Å². The van der Waals surface area contributed by atoms with E-state index in [2.05, 4.69) is 31.0 Å². The van der Waals surface area contributed by atoms with Crippen molar-refractivity contribution in [1.82, 2.24) is 9.21 Å². The second-order valence-electron chi connectivity index (χ2n) is 6.91. The summed E-state index contributed by atoms with van der Waals surface area (Å²) in [6.07, 6.45) is 1.22. The highest BCUT2D eigenvalue weighted by atomic mass is 32.2. The minimum absolute atomic E-state index is 0.0817. The highest BCUT2D eigenvalue weighted by molar-refractivity contribution is 7.88. The van der Waals surface area contributed by atoms with E-state index in [1.165, 1.54) is 10.6 Å². The molecule has 1 N–H and O–H groups in total. The molecule has 1 aliphatic heterocycles. The Hall–Kier alpha value is -1.64. The van der Waals surface area contributed by atoms with Gasteiger partial charge in [0.25, 0.3) is 0 Å². The molecule has 1 amide bonds. The zero-order valence-corrected chi connectivity index (χ0v) is 16.9. The average molecular weight is 383 g/mol. The van der Waals surface area contributed by atoms with Gasteiger partial charge in [-0.2, -0.15) is 4.31 Å². The summed E-state index contributed by atoms with van der Waals surface area (Å²) in [5, 5.41) is 2.91. The van der Waals surface area contributed by atoms with Gasteiger partial charge in [-0.15, -0.1) is 0 Å². The van der Waals surface area contributed by atoms with Crippen LogP contribution in [-0.4, -0.2) is 75.1 Å². The van der Waals surface area contributed by atoms with Crippen LogP contribution >= 0.6 is 0 Å². The largest absolute Gasteiger partial charge is 0.369 e. The van der Waals surface area contributed by atoms with Crippen LogP contribution < -0.4 is 10.2 Å². The number of nitrogens with one attached hydrogen (secondary N) is 1. The first-order valence-corrected chi connectivity index (χ1v) is 10.9. The summed E-state index contributed by atoms with van der Waals surface area (Å²) in [5.74, 6) is -0.0817. The second kappa shape index (κ2) is 8.83. The Morgan fingerprint density at radius 1 is 1.15 bits per heavy atom. The van der Waals surface area contributed by atoms with E-state index < -0.39 is 10.0 Å². The molecule has 1 aromatic rings. The predicted molar refractivity (Wildman–Crippen MR) is 106 cm³/mol. The number of carbonyl (C=O) groups excluding carboxylic acids is 1. The molecule has 1 heterocycles. The van der Waals surface area contributed by atoms with Gasteiger partial charge >= 0.3 is 0 Å². The maximum absolute atomic E-state index is 12.2. The van der Waals surface area contributed by atoms with Gasteiger partial charge in [-0.25, -0.2) is 8.42 Å². The summed E-state index contributed by atoms with van der Waals surface area (Å²) in [7, 11) is -3.14. The fourth-order valence-corrected chi connectivity index (χ4v) is 4.03. The molecule has 1 aromatic carbocycles. The van der Waals surface area contributed by atoms with Crippen molar-refractivity contribution in [3.05, 3.63) is 24.3 Å². The second-order valence-corrected chi connectivity index (χ2v) is 8.90. The van der Waals surface area contributed by atoms with Crippen LogP contribution in [0, 0.1) is 0 Å². The Morgan fingerprint density at radius 2 is 1.73 bits per heavy atom. The van der Waals surface area contributed by atoms with Gasteiger partial charge in [-0.3, -0.25) is 9.69 Å². The van der Waals surface area contributed by atoms with Crippen molar-refractivity contribution < 1.29 is 13.2 Å². The first kappa shape index (κ1) is 20.7. The number of benzene rings is 1. The summed E-state index contributed by atoms with van der Waals surface area (Å²) in [6.45, 7) is 9.64. The lowest BCUT2D eigenvalue weighted by Gasteiger charge is -2.32. The normalized spacial score (nSPS) is 16.7. The first-order chi connectivity index (χ1) is 12.2. The number of hydrogen-bond donors (Lipinski definition) is 1. The Bertz CT molecular complexity index is 696. The number of amides is 1. The van der Waals surface area contributed by atoms with Gasteiger partial charge in [0.15, 0.2) is 0 Å². The Balaban J connectivity index is 1.85. The molecule has 2 rings (SSSR count). The lowest BCUT2D eigenvalue weighted by molar-refractivity contribution is -0.117. The molecule has 146 valence electrons. The van der Waals surface area contributed by atoms with Crippen molar-refractivity contribution in [2.24, 2.45) is 0 Å². The van der Waals surface area contributed by atoms with E-state index in [0.717, 1.165) is 17.9 Å². The van der Waals surface area contributed by atoms with Crippen LogP contribution in [0.4, 0.5) is 11.4 Å². The van der Waals surface area contributed by atoms with Crippen molar-refractivity contribution in [2.75, 3.05) is 55.7 Å². The van der Waals surface area contributed by atoms with Crippen LogP contribution in [0.5, 0.6) is 0 Å². The molecule has 0 spiro atoms. The molecule has 1 fully saturated rings. The van der Waals surface area contributed by atoms with E-state index >= 15 is 0 Å². The summed E-state index contributed by atoms with van der Waals surface area (Å²) in [4.78, 5) is 16.5. The third-order valence-corrected chi connectivity index (χ3v) is 5.92. The zero-order chi connectivity index (χ0) is 19.3. The Kier molecular flexibility index (Phi) is 7.02. The number of piperazine rings is 1. The highest BCUT2D eigenvalue weighted by Crippen LogP contribution is 2.20. The summed E-state index contributed by atoms with van der Waals surface area (Å²) in [6, 6.07) is 8.29. The minimum Gasteiger partial charge on any atom is -0.369 e. The fraction of sp³-hybridized carbons (Fsp3) is 0.611. The van der Waals surface area contributed by atoms with Crippen molar-refractivity contribution >= 4 is 27.3 Å². The molecule has 8 heteroatoms. The number of anilines is 2. The van der Waals surface area contributed by atoms with Gasteiger partial charge < -0.3 is 10.2 Å². The van der Waals surface area contributed by atoms with Crippen LogP contribution in [0.15, 0.2) is 24.3 Å². The maximum atomic E-state index is 12.2. The topological polar surface area (TPSA) is 73.0 Å². The molecule has 1 saturated heterocycles. The van der Waals surface area contributed by atoms with Crippen molar-refractivity contribution in [3.8, 4) is 0 Å². The summed E-state index contributed by atoms with van der Waals surface area (Å²) >= 11 is 0. The van der Waals surface area contributed by atoms with Gasteiger partial charge in [-0.1, -0.05) is 0 Å². The maximum Gasteiger partial charge on any atom is 0.238 e. The van der Waals surface area contributed by atoms with Crippen molar-refractivity contribution in [3.63, 3.8) is 0 Å². The molecule has 26 heavy (non-hydrogen) atoms. The molecular formula is C18H30N4O3S. The predicted octanol–water partition coefficient (Wildman–Crippen LogP) is 1.44. The SMILES string of the molecule is CCN(c1ccc(NC(=O)CN2CCN(S(C)(=O)=O)CC2)cc1)C(C)C. The van der Waals surface area contributed by atoms with E-state index in [9.17, 15) is 13.2 Å². The average Bonchev–Trinajstić information content (AvgIpc) is 2.56. The number of carbonyl (C=O) groups is 1. The molecule has 0 aromatic heterocycles. The van der Waals surface area contributed by atoms with Gasteiger partial charge in [0, 0.05) is 50.1 Å². The van der Waals surface area contributed by atoms with Crippen LogP contribution in [0.1, 0.15) is 20.8 Å². The molecule has 0 unspecified atom stereocenters. The Labute approximate surface area is 157 Å². The van der Waals surface area contributed by atoms with Gasteiger partial charge in [0.2, 0.25) is 15.9 Å². The van der Waals surface area contributed by atoms with Gasteiger partial charge in [0.05, 0.1) is 12.8 Å². The van der Waals surface area contributed by atoms with E-state index in [-0.39, 0.29) is 12.5 Å². The third-order valence-electron chi connectivity index (χ3n) is 4.61. The van der Waals surface area contributed by atoms with E-state index in [1.807, 2.05) is 29.2 Å². The molecule has 0 atom stereocenters. The molecule has 0 radical (unpaired) electrons. The van der Waals surface area contributed by atoms with Gasteiger partial charge in [0.1, 0.15) is 0 Å². The zero-order valence-electron chi connectivity index (χ0n) is 16.1. The van der Waals surface area contributed by atoms with Crippen LogP contribution in [0.2, 0.25) is 0 Å². The molecule has 0 bridgehead atoms. The fourth-order valence-electron chi connectivity index (χ4n) is 3.20. The third kappa shape index (κ3) is 5.69. The molecule has 0 saturated carbocycles. The van der Waals surface area contributed by atoms with Crippen LogP contribution in [0.25, 0.3) is 0 Å². The lowest BCUT2D eigenvalue weighted by Crippen LogP contribution is -2.50. The molecule has 1 aliphatic rings. The number of hydrogen-bond acceptors (Lipinski definition) is 5. The van der Waals surface area contributed by atoms with Crippen molar-refractivity contribution in [1.29, 1.82) is 0 Å². The summed E-state index contributed by atoms with van der Waals surface area (Å²) in [5.41, 5.74) is 1.91. The molecular weight excluding hydrogens is 352 g/mol. The number of nitrogens with zero attached hydrogens (tertiary/aromatic N) is 3. The minimum atomic E-state index is -3.14. The standard InChI is InChI=1S/C18H30N4O3S/c1-5-22(15(2)3)17-8-6-16(7-9-17)19-18(23)14-20-10-12-21(13-11-20)26(4,24)25/h6-9,15H,5,10-14H2,1-4H3,(H,19,23). The van der Waals surface area contributed by atoms with E-state index in [1.54, 1.807) is 0 Å². The lowest BCUT2D eigenvalue weighted by atomic mass is 10.2.